The molecule has 82 valence electrons. The van der Waals surface area contributed by atoms with Gasteiger partial charge in [-0.25, -0.2) is 0 Å². The Kier molecular flexibility index (Phi) is 3.75. The van der Waals surface area contributed by atoms with Gasteiger partial charge in [-0.15, -0.1) is 0 Å². The third kappa shape index (κ3) is 3.23. The summed E-state index contributed by atoms with van der Waals surface area (Å²) in [6, 6.07) is 8.22. The van der Waals surface area contributed by atoms with E-state index in [-0.39, 0.29) is 0 Å². The molecule has 0 bridgehead atoms. The fraction of sp³-hybridized carbons (Fsp3) is 0.500. The van der Waals surface area contributed by atoms with Crippen molar-refractivity contribution in [3.8, 4) is 0 Å². The molecule has 0 spiro atoms. The van der Waals surface area contributed by atoms with Gasteiger partial charge in [0.25, 0.3) is 0 Å². The number of benzene rings is 1. The Hall–Kier alpha value is 0.01000. The first-order valence-electron chi connectivity index (χ1n) is 5.23. The number of hydrogen-bond acceptors (Lipinski definition) is 2. The normalized spacial score (nSPS) is 26.5. The molecule has 15 heavy (non-hydrogen) atoms. The Bertz CT molecular complexity index is 334. The van der Waals surface area contributed by atoms with Crippen molar-refractivity contribution in [2.24, 2.45) is 0 Å². The average Bonchev–Trinajstić information content (AvgIpc) is 2.18. The summed E-state index contributed by atoms with van der Waals surface area (Å²) < 4.78 is 1.09. The van der Waals surface area contributed by atoms with Crippen LogP contribution in [0.2, 0.25) is 0 Å². The van der Waals surface area contributed by atoms with Gasteiger partial charge in [0.1, 0.15) is 0 Å². The Morgan fingerprint density at radius 2 is 2.33 bits per heavy atom. The fourth-order valence-electron chi connectivity index (χ4n) is 2.00. The minimum atomic E-state index is -0.482. The van der Waals surface area contributed by atoms with E-state index < -0.39 is 5.60 Å². The molecule has 1 aliphatic rings. The Morgan fingerprint density at radius 1 is 1.47 bits per heavy atom. The van der Waals surface area contributed by atoms with Gasteiger partial charge in [-0.3, -0.25) is 0 Å². The molecule has 0 saturated carbocycles. The lowest BCUT2D eigenvalue weighted by molar-refractivity contribution is 0.0530. The molecule has 1 saturated heterocycles. The van der Waals surface area contributed by atoms with Crippen molar-refractivity contribution in [3.63, 3.8) is 0 Å². The molecular formula is C12H15BrOS. The van der Waals surface area contributed by atoms with E-state index >= 15 is 0 Å². The molecule has 0 radical (unpaired) electrons. The van der Waals surface area contributed by atoms with Gasteiger partial charge in [0.05, 0.1) is 5.60 Å². The van der Waals surface area contributed by atoms with E-state index in [0.29, 0.717) is 0 Å². The van der Waals surface area contributed by atoms with Crippen LogP contribution in [-0.2, 0) is 6.42 Å². The van der Waals surface area contributed by atoms with Crippen molar-refractivity contribution >= 4 is 27.7 Å². The van der Waals surface area contributed by atoms with Crippen molar-refractivity contribution in [2.75, 3.05) is 11.5 Å². The van der Waals surface area contributed by atoms with Crippen molar-refractivity contribution in [1.82, 2.24) is 0 Å². The first-order valence-corrected chi connectivity index (χ1v) is 7.17. The molecular weight excluding hydrogens is 272 g/mol. The topological polar surface area (TPSA) is 20.2 Å². The highest BCUT2D eigenvalue weighted by atomic mass is 79.9. The molecule has 0 aromatic heterocycles. The summed E-state index contributed by atoms with van der Waals surface area (Å²) in [6.45, 7) is 0. The van der Waals surface area contributed by atoms with E-state index in [9.17, 15) is 5.11 Å². The number of hydrogen-bond donors (Lipinski definition) is 1. The second kappa shape index (κ2) is 4.89. The van der Waals surface area contributed by atoms with Gasteiger partial charge >= 0.3 is 0 Å². The van der Waals surface area contributed by atoms with Crippen LogP contribution in [0.5, 0.6) is 0 Å². The zero-order valence-corrected chi connectivity index (χ0v) is 11.0. The summed E-state index contributed by atoms with van der Waals surface area (Å²) >= 11 is 5.32. The maximum atomic E-state index is 10.4. The van der Waals surface area contributed by atoms with Crippen LogP contribution in [0.15, 0.2) is 28.7 Å². The van der Waals surface area contributed by atoms with E-state index in [4.69, 9.17) is 0 Å². The van der Waals surface area contributed by atoms with E-state index in [1.807, 2.05) is 23.9 Å². The number of thioether (sulfide) groups is 1. The smallest absolute Gasteiger partial charge is 0.0778 e. The lowest BCUT2D eigenvalue weighted by atomic mass is 9.92. The molecule has 1 unspecified atom stereocenters. The minimum Gasteiger partial charge on any atom is -0.389 e. The number of aliphatic hydroxyl groups is 1. The minimum absolute atomic E-state index is 0.482. The lowest BCUT2D eigenvalue weighted by Crippen LogP contribution is -2.37. The monoisotopic (exact) mass is 286 g/mol. The van der Waals surface area contributed by atoms with Crippen molar-refractivity contribution in [2.45, 2.75) is 24.9 Å². The molecule has 1 aromatic rings. The van der Waals surface area contributed by atoms with E-state index in [1.54, 1.807) is 0 Å². The van der Waals surface area contributed by atoms with Crippen LogP contribution in [0, 0.1) is 0 Å². The molecule has 2 rings (SSSR count). The standard InChI is InChI=1S/C12H15BrOS/c13-11-4-1-3-10(7-11)8-12(14)5-2-6-15-9-12/h1,3-4,7,14H,2,5-6,8-9H2. The summed E-state index contributed by atoms with van der Waals surface area (Å²) in [5, 5.41) is 10.4. The molecule has 1 fully saturated rings. The average molecular weight is 287 g/mol. The summed E-state index contributed by atoms with van der Waals surface area (Å²) in [5.74, 6) is 2.07. The van der Waals surface area contributed by atoms with Gasteiger partial charge < -0.3 is 5.11 Å². The van der Waals surface area contributed by atoms with Crippen LogP contribution in [0.1, 0.15) is 18.4 Å². The van der Waals surface area contributed by atoms with Gasteiger partial charge in [-0.2, -0.15) is 11.8 Å². The molecule has 1 aliphatic heterocycles. The third-order valence-electron chi connectivity index (χ3n) is 2.72. The van der Waals surface area contributed by atoms with E-state index in [0.717, 1.165) is 29.5 Å². The van der Waals surface area contributed by atoms with Crippen LogP contribution in [0.25, 0.3) is 0 Å². The predicted molar refractivity (Wildman–Crippen MR) is 69.4 cm³/mol. The molecule has 0 aliphatic carbocycles. The first kappa shape index (κ1) is 11.5. The lowest BCUT2D eigenvalue weighted by Gasteiger charge is -2.31. The van der Waals surface area contributed by atoms with Crippen molar-refractivity contribution in [1.29, 1.82) is 0 Å². The van der Waals surface area contributed by atoms with Crippen LogP contribution in [-0.4, -0.2) is 22.2 Å². The maximum Gasteiger partial charge on any atom is 0.0778 e. The Labute approximate surface area is 103 Å². The van der Waals surface area contributed by atoms with Gasteiger partial charge in [0.2, 0.25) is 0 Å². The van der Waals surface area contributed by atoms with Crippen LogP contribution < -0.4 is 0 Å². The van der Waals surface area contributed by atoms with Gasteiger partial charge in [-0.1, -0.05) is 28.1 Å². The van der Waals surface area contributed by atoms with Crippen LogP contribution in [0.4, 0.5) is 0 Å². The zero-order valence-electron chi connectivity index (χ0n) is 8.58. The summed E-state index contributed by atoms with van der Waals surface area (Å²) in [5.41, 5.74) is 0.735. The molecule has 0 amide bonds. The maximum absolute atomic E-state index is 10.4. The SMILES string of the molecule is OC1(Cc2cccc(Br)c2)CCCSC1. The second-order valence-corrected chi connectivity index (χ2v) is 6.21. The van der Waals surface area contributed by atoms with Gasteiger partial charge in [0, 0.05) is 16.6 Å². The van der Waals surface area contributed by atoms with E-state index in [2.05, 4.69) is 28.1 Å². The molecule has 1 aromatic carbocycles. The Morgan fingerprint density at radius 3 is 3.00 bits per heavy atom. The Balaban J connectivity index is 2.06. The fourth-order valence-corrected chi connectivity index (χ4v) is 3.57. The highest BCUT2D eigenvalue weighted by Gasteiger charge is 2.29. The zero-order chi connectivity index (χ0) is 10.7. The quantitative estimate of drug-likeness (QED) is 0.901. The summed E-state index contributed by atoms with van der Waals surface area (Å²) in [4.78, 5) is 0. The second-order valence-electron chi connectivity index (χ2n) is 4.19. The van der Waals surface area contributed by atoms with Crippen LogP contribution >= 0.6 is 27.7 Å². The third-order valence-corrected chi connectivity index (χ3v) is 4.54. The van der Waals surface area contributed by atoms with Crippen molar-refractivity contribution in [3.05, 3.63) is 34.3 Å². The highest BCUT2D eigenvalue weighted by molar-refractivity contribution is 9.10. The molecule has 1 heterocycles. The molecule has 1 N–H and O–H groups in total. The first-order chi connectivity index (χ1) is 7.18. The molecule has 3 heteroatoms. The largest absolute Gasteiger partial charge is 0.389 e. The van der Waals surface area contributed by atoms with Crippen LogP contribution in [0.3, 0.4) is 0 Å². The predicted octanol–water partition coefficient (Wildman–Crippen LogP) is 3.25. The van der Waals surface area contributed by atoms with Gasteiger partial charge in [0.15, 0.2) is 0 Å². The number of rotatable bonds is 2. The van der Waals surface area contributed by atoms with Crippen molar-refractivity contribution < 1.29 is 5.11 Å². The number of halogens is 1. The summed E-state index contributed by atoms with van der Waals surface area (Å²) in [7, 11) is 0. The summed E-state index contributed by atoms with van der Waals surface area (Å²) in [6.07, 6.45) is 2.85. The van der Waals surface area contributed by atoms with Gasteiger partial charge in [-0.05, 0) is 36.3 Å². The molecule has 1 nitrogen and oxygen atoms in total. The molecule has 1 atom stereocenters. The highest BCUT2D eigenvalue weighted by Crippen LogP contribution is 2.30. The van der Waals surface area contributed by atoms with E-state index in [1.165, 1.54) is 11.3 Å².